The van der Waals surface area contributed by atoms with E-state index in [0.717, 1.165) is 0 Å². The van der Waals surface area contributed by atoms with Gasteiger partial charge in [0, 0.05) is 11.8 Å². The minimum absolute atomic E-state index is 0.0773. The molecule has 4 nitrogen and oxygen atoms in total. The summed E-state index contributed by atoms with van der Waals surface area (Å²) >= 11 is 0. The summed E-state index contributed by atoms with van der Waals surface area (Å²) in [6.07, 6.45) is 0.619. The van der Waals surface area contributed by atoms with Crippen molar-refractivity contribution in [1.82, 2.24) is 0 Å². The first-order chi connectivity index (χ1) is 8.90. The predicted molar refractivity (Wildman–Crippen MR) is 67.3 cm³/mol. The van der Waals surface area contributed by atoms with Gasteiger partial charge >= 0.3 is 5.97 Å². The van der Waals surface area contributed by atoms with Crippen LogP contribution >= 0.6 is 0 Å². The predicted octanol–water partition coefficient (Wildman–Crippen LogP) is 2.74. The molecule has 0 amide bonds. The Hall–Kier alpha value is -1.78. The average molecular weight is 268 g/mol. The Bertz CT molecular complexity index is 496. The molecule has 0 saturated carbocycles. The summed E-state index contributed by atoms with van der Waals surface area (Å²) in [5, 5.41) is 8.91. The molecule has 0 atom stereocenters. The minimum atomic E-state index is -0.919. The lowest BCUT2D eigenvalue weighted by Gasteiger charge is -2.24. The number of carboxylic acids is 1. The fourth-order valence-electron chi connectivity index (χ4n) is 2.10. The second kappa shape index (κ2) is 5.07. The number of hydrogen-bond donors (Lipinski definition) is 1. The van der Waals surface area contributed by atoms with Crippen molar-refractivity contribution in [2.24, 2.45) is 0 Å². The van der Waals surface area contributed by atoms with E-state index in [0.29, 0.717) is 30.9 Å². The molecule has 0 unspecified atom stereocenters. The first-order valence-electron chi connectivity index (χ1n) is 6.21. The highest BCUT2D eigenvalue weighted by Gasteiger charge is 2.27. The lowest BCUT2D eigenvalue weighted by molar-refractivity contribution is -0.138. The Kier molecular flexibility index (Phi) is 3.64. The number of ether oxygens (including phenoxy) is 2. The van der Waals surface area contributed by atoms with Crippen LogP contribution in [0.4, 0.5) is 4.39 Å². The van der Waals surface area contributed by atoms with E-state index in [4.69, 9.17) is 14.6 Å². The van der Waals surface area contributed by atoms with E-state index >= 15 is 0 Å². The van der Waals surface area contributed by atoms with Crippen LogP contribution in [0.25, 0.3) is 0 Å². The SMILES string of the molecule is CC(C)(CC(=O)O)c1cc(F)c2c(c1)OCCCO2. The molecule has 0 bridgehead atoms. The molecule has 0 fully saturated rings. The molecule has 0 radical (unpaired) electrons. The van der Waals surface area contributed by atoms with Gasteiger partial charge in [0.2, 0.25) is 0 Å². The number of carbonyl (C=O) groups is 1. The summed E-state index contributed by atoms with van der Waals surface area (Å²) in [6, 6.07) is 3.00. The first kappa shape index (κ1) is 13.6. The molecule has 1 aromatic carbocycles. The number of rotatable bonds is 3. The molecule has 1 heterocycles. The van der Waals surface area contributed by atoms with E-state index in [1.165, 1.54) is 6.07 Å². The van der Waals surface area contributed by atoms with Crippen molar-refractivity contribution in [1.29, 1.82) is 0 Å². The van der Waals surface area contributed by atoms with Crippen LogP contribution in [0, 0.1) is 5.82 Å². The molecule has 0 saturated heterocycles. The van der Waals surface area contributed by atoms with Crippen molar-refractivity contribution in [2.75, 3.05) is 13.2 Å². The van der Waals surface area contributed by atoms with Gasteiger partial charge in [-0.15, -0.1) is 0 Å². The lowest BCUT2D eigenvalue weighted by atomic mass is 9.81. The maximum Gasteiger partial charge on any atom is 0.304 e. The third-order valence-electron chi connectivity index (χ3n) is 3.18. The highest BCUT2D eigenvalue weighted by molar-refractivity contribution is 5.69. The zero-order valence-electron chi connectivity index (χ0n) is 11.0. The molecule has 0 aromatic heterocycles. The van der Waals surface area contributed by atoms with E-state index in [1.54, 1.807) is 19.9 Å². The number of carboxylic acid groups (broad SMARTS) is 1. The normalized spacial score (nSPS) is 14.9. The highest BCUT2D eigenvalue weighted by Crippen LogP contribution is 2.38. The van der Waals surface area contributed by atoms with E-state index < -0.39 is 17.2 Å². The zero-order valence-corrected chi connectivity index (χ0v) is 11.0. The Balaban J connectivity index is 2.40. The van der Waals surface area contributed by atoms with E-state index in [2.05, 4.69) is 0 Å². The maximum atomic E-state index is 14.0. The third-order valence-corrected chi connectivity index (χ3v) is 3.18. The summed E-state index contributed by atoms with van der Waals surface area (Å²) in [7, 11) is 0. The molecular weight excluding hydrogens is 251 g/mol. The van der Waals surface area contributed by atoms with E-state index in [9.17, 15) is 9.18 Å². The van der Waals surface area contributed by atoms with Gasteiger partial charge in [0.1, 0.15) is 0 Å². The standard InChI is InChI=1S/C14H17FO4/c1-14(2,8-12(16)17)9-6-10(15)13-11(7-9)18-4-3-5-19-13/h6-7H,3-5,8H2,1-2H3,(H,16,17). The van der Waals surface area contributed by atoms with Crippen molar-refractivity contribution < 1.29 is 23.8 Å². The van der Waals surface area contributed by atoms with Crippen molar-refractivity contribution in [3.8, 4) is 11.5 Å². The van der Waals surface area contributed by atoms with Gasteiger partial charge in [-0.3, -0.25) is 4.79 Å². The minimum Gasteiger partial charge on any atom is -0.489 e. The Morgan fingerprint density at radius 1 is 1.37 bits per heavy atom. The number of fused-ring (bicyclic) bond motifs is 1. The Morgan fingerprint density at radius 3 is 2.74 bits per heavy atom. The van der Waals surface area contributed by atoms with Gasteiger partial charge in [0.15, 0.2) is 17.3 Å². The largest absolute Gasteiger partial charge is 0.489 e. The zero-order chi connectivity index (χ0) is 14.0. The van der Waals surface area contributed by atoms with Gasteiger partial charge in [-0.2, -0.15) is 0 Å². The van der Waals surface area contributed by atoms with E-state index in [1.807, 2.05) is 0 Å². The van der Waals surface area contributed by atoms with Crippen LogP contribution in [0.15, 0.2) is 12.1 Å². The van der Waals surface area contributed by atoms with Crippen molar-refractivity contribution >= 4 is 5.97 Å². The van der Waals surface area contributed by atoms with Gasteiger partial charge < -0.3 is 14.6 Å². The fraction of sp³-hybridized carbons (Fsp3) is 0.500. The topological polar surface area (TPSA) is 55.8 Å². The van der Waals surface area contributed by atoms with Crippen LogP contribution in [-0.2, 0) is 10.2 Å². The molecule has 19 heavy (non-hydrogen) atoms. The molecule has 0 spiro atoms. The molecule has 1 aliphatic rings. The molecule has 2 rings (SSSR count). The third kappa shape index (κ3) is 2.97. The summed E-state index contributed by atoms with van der Waals surface area (Å²) in [5.74, 6) is -0.955. The average Bonchev–Trinajstić information content (AvgIpc) is 2.52. The van der Waals surface area contributed by atoms with Crippen LogP contribution in [0.2, 0.25) is 0 Å². The second-order valence-corrected chi connectivity index (χ2v) is 5.29. The monoisotopic (exact) mass is 268 g/mol. The van der Waals surface area contributed by atoms with E-state index in [-0.39, 0.29) is 12.2 Å². The van der Waals surface area contributed by atoms with Gasteiger partial charge in [-0.1, -0.05) is 13.8 Å². The van der Waals surface area contributed by atoms with Gasteiger partial charge in [0.05, 0.1) is 19.6 Å². The Labute approximate surface area is 111 Å². The van der Waals surface area contributed by atoms with Gasteiger partial charge in [0.25, 0.3) is 0 Å². The van der Waals surface area contributed by atoms with Crippen LogP contribution in [-0.4, -0.2) is 24.3 Å². The molecule has 104 valence electrons. The van der Waals surface area contributed by atoms with Crippen LogP contribution < -0.4 is 9.47 Å². The van der Waals surface area contributed by atoms with Crippen LogP contribution in [0.5, 0.6) is 11.5 Å². The van der Waals surface area contributed by atoms with Crippen molar-refractivity contribution in [3.63, 3.8) is 0 Å². The smallest absolute Gasteiger partial charge is 0.304 e. The van der Waals surface area contributed by atoms with Crippen molar-refractivity contribution in [2.45, 2.75) is 32.1 Å². The number of hydrogen-bond acceptors (Lipinski definition) is 3. The quantitative estimate of drug-likeness (QED) is 0.915. The molecule has 1 aliphatic heterocycles. The first-order valence-corrected chi connectivity index (χ1v) is 6.21. The number of aliphatic carboxylic acids is 1. The summed E-state index contributed by atoms with van der Waals surface area (Å²) in [6.45, 7) is 4.41. The van der Waals surface area contributed by atoms with Crippen molar-refractivity contribution in [3.05, 3.63) is 23.5 Å². The molecular formula is C14H17FO4. The van der Waals surface area contributed by atoms with Gasteiger partial charge in [-0.25, -0.2) is 4.39 Å². The lowest BCUT2D eigenvalue weighted by Crippen LogP contribution is -2.22. The second-order valence-electron chi connectivity index (χ2n) is 5.29. The van der Waals surface area contributed by atoms with Gasteiger partial charge in [-0.05, 0) is 17.7 Å². The molecule has 1 aromatic rings. The molecule has 5 heteroatoms. The fourth-order valence-corrected chi connectivity index (χ4v) is 2.10. The molecule has 0 aliphatic carbocycles. The summed E-state index contributed by atoms with van der Waals surface area (Å²) in [4.78, 5) is 10.9. The summed E-state index contributed by atoms with van der Waals surface area (Å²) in [5.41, 5.74) is -0.0752. The highest BCUT2D eigenvalue weighted by atomic mass is 19.1. The van der Waals surface area contributed by atoms with Crippen LogP contribution in [0.3, 0.4) is 0 Å². The number of benzene rings is 1. The molecule has 1 N–H and O–H groups in total. The summed E-state index contributed by atoms with van der Waals surface area (Å²) < 4.78 is 24.8. The van der Waals surface area contributed by atoms with Crippen LogP contribution in [0.1, 0.15) is 32.3 Å². The number of halogens is 1. The maximum absolute atomic E-state index is 14.0. The Morgan fingerprint density at radius 2 is 2.05 bits per heavy atom.